The van der Waals surface area contributed by atoms with Gasteiger partial charge in [-0.1, -0.05) is 73.5 Å². The van der Waals surface area contributed by atoms with E-state index < -0.39 is 24.0 Å². The summed E-state index contributed by atoms with van der Waals surface area (Å²) >= 11 is 0. The average molecular weight is 471 g/mol. The molecular weight excluding hydrogens is 444 g/mol. The maximum Gasteiger partial charge on any atom is 0.407 e. The highest BCUT2D eigenvalue weighted by Gasteiger charge is 2.33. The zero-order valence-corrected chi connectivity index (χ0v) is 19.1. The number of hydrogen-bond acceptors (Lipinski definition) is 4. The lowest BCUT2D eigenvalue weighted by Crippen LogP contribution is -2.44. The summed E-state index contributed by atoms with van der Waals surface area (Å²) in [7, 11) is 0. The molecule has 1 saturated carbocycles. The smallest absolute Gasteiger partial charge is 0.407 e. The van der Waals surface area contributed by atoms with Gasteiger partial charge in [0.05, 0.1) is 11.3 Å². The summed E-state index contributed by atoms with van der Waals surface area (Å²) in [5, 5.41) is 14.8. The van der Waals surface area contributed by atoms with E-state index >= 15 is 0 Å². The van der Waals surface area contributed by atoms with Crippen molar-refractivity contribution in [3.8, 4) is 11.1 Å². The number of anilines is 1. The van der Waals surface area contributed by atoms with Crippen LogP contribution in [0.3, 0.4) is 0 Å². The van der Waals surface area contributed by atoms with Gasteiger partial charge in [0.2, 0.25) is 5.91 Å². The molecule has 0 saturated heterocycles. The zero-order chi connectivity index (χ0) is 24.4. The molecule has 0 aliphatic heterocycles. The summed E-state index contributed by atoms with van der Waals surface area (Å²) in [4.78, 5) is 37.2. The highest BCUT2D eigenvalue weighted by molar-refractivity contribution is 6.02. The van der Waals surface area contributed by atoms with Gasteiger partial charge >= 0.3 is 12.1 Å². The second-order valence-electron chi connectivity index (χ2n) is 9.04. The molecule has 1 atom stereocenters. The van der Waals surface area contributed by atoms with Crippen LogP contribution in [0.5, 0.6) is 0 Å². The number of fused-ring (bicyclic) bond motifs is 3. The topological polar surface area (TPSA) is 105 Å². The molecule has 178 valence electrons. The van der Waals surface area contributed by atoms with Crippen molar-refractivity contribution >= 4 is 23.7 Å². The molecule has 3 aromatic carbocycles. The van der Waals surface area contributed by atoms with E-state index in [0.29, 0.717) is 12.3 Å². The third-order valence-electron chi connectivity index (χ3n) is 6.63. The molecule has 5 rings (SSSR count). The van der Waals surface area contributed by atoms with Crippen LogP contribution in [0.4, 0.5) is 10.5 Å². The molecule has 2 aliphatic rings. The fourth-order valence-corrected chi connectivity index (χ4v) is 4.70. The van der Waals surface area contributed by atoms with Crippen LogP contribution in [0.15, 0.2) is 72.8 Å². The normalized spacial score (nSPS) is 15.0. The first-order chi connectivity index (χ1) is 17.0. The van der Waals surface area contributed by atoms with E-state index in [-0.39, 0.29) is 23.8 Å². The SMILES string of the molecule is O=C(N[C@@H](CC1CC1)C(=O)Nc1ccccc1C(=O)O)OCC1c2ccccc2-c2ccccc21. The fourth-order valence-electron chi connectivity index (χ4n) is 4.70. The number of hydrogen-bond donors (Lipinski definition) is 3. The summed E-state index contributed by atoms with van der Waals surface area (Å²) in [6.07, 6.45) is 1.81. The van der Waals surface area contributed by atoms with Gasteiger partial charge in [-0.2, -0.15) is 0 Å². The lowest BCUT2D eigenvalue weighted by molar-refractivity contribution is -0.118. The van der Waals surface area contributed by atoms with Crippen molar-refractivity contribution in [2.75, 3.05) is 11.9 Å². The van der Waals surface area contributed by atoms with Gasteiger partial charge < -0.3 is 20.5 Å². The Labute approximate surface area is 203 Å². The molecule has 3 N–H and O–H groups in total. The highest BCUT2D eigenvalue weighted by atomic mass is 16.5. The molecule has 7 heteroatoms. The van der Waals surface area contributed by atoms with Gasteiger partial charge in [-0.25, -0.2) is 9.59 Å². The standard InChI is InChI=1S/C28H26N2O5/c31-26(29-24-12-6-5-11-22(24)27(32)33)25(15-17-13-14-17)30-28(34)35-16-23-20-9-3-1-7-18(20)19-8-2-4-10-21(19)23/h1-12,17,23,25H,13-16H2,(H,29,31)(H,30,34)(H,32,33)/t25-/m0/s1. The molecule has 0 aromatic heterocycles. The Morgan fingerprint density at radius 2 is 1.49 bits per heavy atom. The Morgan fingerprint density at radius 3 is 2.11 bits per heavy atom. The van der Waals surface area contributed by atoms with E-state index in [1.165, 1.54) is 12.1 Å². The number of carbonyl (C=O) groups is 3. The van der Waals surface area contributed by atoms with Crippen molar-refractivity contribution in [1.29, 1.82) is 0 Å². The van der Waals surface area contributed by atoms with E-state index in [0.717, 1.165) is 35.1 Å². The van der Waals surface area contributed by atoms with Gasteiger partial charge in [0, 0.05) is 5.92 Å². The first kappa shape index (κ1) is 22.7. The van der Waals surface area contributed by atoms with Crippen molar-refractivity contribution in [2.45, 2.75) is 31.2 Å². The molecule has 7 nitrogen and oxygen atoms in total. The van der Waals surface area contributed by atoms with Crippen molar-refractivity contribution in [3.63, 3.8) is 0 Å². The highest BCUT2D eigenvalue weighted by Crippen LogP contribution is 2.44. The van der Waals surface area contributed by atoms with Gasteiger partial charge in [-0.05, 0) is 46.7 Å². The summed E-state index contributed by atoms with van der Waals surface area (Å²) in [6.45, 7) is 0.152. The summed E-state index contributed by atoms with van der Waals surface area (Å²) in [5.74, 6) is -1.32. The van der Waals surface area contributed by atoms with Gasteiger partial charge in [0.15, 0.2) is 0 Å². The fraction of sp³-hybridized carbons (Fsp3) is 0.250. The molecule has 0 bridgehead atoms. The van der Waals surface area contributed by atoms with Crippen molar-refractivity contribution < 1.29 is 24.2 Å². The molecule has 1 fully saturated rings. The van der Waals surface area contributed by atoms with Crippen LogP contribution in [-0.4, -0.2) is 35.7 Å². The van der Waals surface area contributed by atoms with Crippen LogP contribution in [0.25, 0.3) is 11.1 Å². The molecule has 0 spiro atoms. The number of para-hydroxylation sites is 1. The first-order valence-electron chi connectivity index (χ1n) is 11.8. The van der Waals surface area contributed by atoms with Crippen LogP contribution in [0.2, 0.25) is 0 Å². The number of rotatable bonds is 8. The van der Waals surface area contributed by atoms with Crippen LogP contribution in [0.1, 0.15) is 46.7 Å². The van der Waals surface area contributed by atoms with E-state index in [1.807, 2.05) is 36.4 Å². The Bertz CT molecular complexity index is 1240. The van der Waals surface area contributed by atoms with E-state index in [2.05, 4.69) is 22.8 Å². The number of carboxylic acid groups (broad SMARTS) is 1. The largest absolute Gasteiger partial charge is 0.478 e. The molecule has 0 radical (unpaired) electrons. The Hall–Kier alpha value is -4.13. The number of alkyl carbamates (subject to hydrolysis) is 1. The molecule has 2 aliphatic carbocycles. The predicted octanol–water partition coefficient (Wildman–Crippen LogP) is 5.03. The van der Waals surface area contributed by atoms with Gasteiger partial charge in [0.25, 0.3) is 0 Å². The third-order valence-corrected chi connectivity index (χ3v) is 6.63. The van der Waals surface area contributed by atoms with Crippen LogP contribution >= 0.6 is 0 Å². The first-order valence-corrected chi connectivity index (χ1v) is 11.8. The molecule has 3 aromatic rings. The minimum Gasteiger partial charge on any atom is -0.478 e. The predicted molar refractivity (Wildman–Crippen MR) is 131 cm³/mol. The maximum absolute atomic E-state index is 13.0. The van der Waals surface area contributed by atoms with Crippen molar-refractivity contribution in [3.05, 3.63) is 89.5 Å². The number of carboxylic acids is 1. The molecule has 0 heterocycles. The second-order valence-corrected chi connectivity index (χ2v) is 9.04. The Balaban J connectivity index is 1.26. The number of carbonyl (C=O) groups excluding carboxylic acids is 2. The lowest BCUT2D eigenvalue weighted by atomic mass is 9.98. The number of benzene rings is 3. The van der Waals surface area contributed by atoms with E-state index in [1.54, 1.807) is 12.1 Å². The van der Waals surface area contributed by atoms with Gasteiger partial charge in [0.1, 0.15) is 12.6 Å². The maximum atomic E-state index is 13.0. The number of ether oxygens (including phenoxy) is 1. The molecule has 0 unspecified atom stereocenters. The number of nitrogens with one attached hydrogen (secondary N) is 2. The zero-order valence-electron chi connectivity index (χ0n) is 19.1. The van der Waals surface area contributed by atoms with Crippen molar-refractivity contribution in [2.24, 2.45) is 5.92 Å². The van der Waals surface area contributed by atoms with Gasteiger partial charge in [-0.15, -0.1) is 0 Å². The quantitative estimate of drug-likeness (QED) is 0.428. The second kappa shape index (κ2) is 9.62. The molecule has 2 amide bonds. The Morgan fingerprint density at radius 1 is 0.886 bits per heavy atom. The monoisotopic (exact) mass is 470 g/mol. The van der Waals surface area contributed by atoms with Crippen LogP contribution < -0.4 is 10.6 Å². The summed E-state index contributed by atoms with van der Waals surface area (Å²) in [6, 6.07) is 21.5. The van der Waals surface area contributed by atoms with E-state index in [9.17, 15) is 19.5 Å². The number of aromatic carboxylic acids is 1. The van der Waals surface area contributed by atoms with Crippen LogP contribution in [-0.2, 0) is 9.53 Å². The minimum atomic E-state index is -1.14. The summed E-state index contributed by atoms with van der Waals surface area (Å²) in [5.41, 5.74) is 4.69. The van der Waals surface area contributed by atoms with Crippen LogP contribution in [0, 0.1) is 5.92 Å². The Kier molecular flexibility index (Phi) is 6.23. The molecule has 35 heavy (non-hydrogen) atoms. The van der Waals surface area contributed by atoms with Gasteiger partial charge in [-0.3, -0.25) is 4.79 Å². The number of amides is 2. The van der Waals surface area contributed by atoms with Crippen molar-refractivity contribution in [1.82, 2.24) is 5.32 Å². The summed E-state index contributed by atoms with van der Waals surface area (Å²) < 4.78 is 5.61. The van der Waals surface area contributed by atoms with E-state index in [4.69, 9.17) is 4.74 Å². The average Bonchev–Trinajstić information content (AvgIpc) is 3.63. The third kappa shape index (κ3) is 4.89. The minimum absolute atomic E-state index is 0.00726. The lowest BCUT2D eigenvalue weighted by Gasteiger charge is -2.20. The molecular formula is C28H26N2O5.